The highest BCUT2D eigenvalue weighted by Gasteiger charge is 2.49. The maximum atomic E-state index is 11.4. The van der Waals surface area contributed by atoms with E-state index in [9.17, 15) is 15.2 Å². The number of aliphatic hydroxyl groups excluding tert-OH is 1. The molecule has 2 heterocycles. The number of aliphatic hydroxyl groups is 1. The van der Waals surface area contributed by atoms with Crippen molar-refractivity contribution in [2.45, 2.75) is 43.5 Å². The van der Waals surface area contributed by atoms with Crippen molar-refractivity contribution >= 4 is 11.9 Å². The number of rotatable bonds is 7. The van der Waals surface area contributed by atoms with Crippen LogP contribution in [0.3, 0.4) is 0 Å². The lowest BCUT2D eigenvalue weighted by Crippen LogP contribution is -2.61. The third-order valence-electron chi connectivity index (χ3n) is 6.14. The maximum absolute atomic E-state index is 11.4. The number of nitrogens with zero attached hydrogens (tertiary/aromatic N) is 2. The largest absolute Gasteiger partial charge is 0.388 e. The number of nitro benzene ring substituents is 1. The van der Waals surface area contributed by atoms with Crippen LogP contribution in [0.5, 0.6) is 0 Å². The third kappa shape index (κ3) is 5.51. The molecule has 9 nitrogen and oxygen atoms in total. The van der Waals surface area contributed by atoms with Gasteiger partial charge in [0.05, 0.1) is 18.1 Å². The quantitative estimate of drug-likeness (QED) is 0.305. The molecule has 0 amide bonds. The Kier molecular flexibility index (Phi) is 7.45. The first-order valence-electron chi connectivity index (χ1n) is 11.7. The van der Waals surface area contributed by atoms with Gasteiger partial charge in [-0.1, -0.05) is 72.8 Å². The van der Waals surface area contributed by atoms with E-state index in [1.54, 1.807) is 12.1 Å². The molecule has 9 heteroatoms. The van der Waals surface area contributed by atoms with E-state index in [1.807, 2.05) is 60.7 Å². The summed E-state index contributed by atoms with van der Waals surface area (Å²) in [5, 5.41) is 22.5. The first-order valence-corrected chi connectivity index (χ1v) is 11.7. The van der Waals surface area contributed by atoms with Gasteiger partial charge in [-0.15, -0.1) is 0 Å². The molecule has 1 N–H and O–H groups in total. The van der Waals surface area contributed by atoms with Gasteiger partial charge in [0.15, 0.2) is 12.6 Å². The van der Waals surface area contributed by atoms with Gasteiger partial charge in [0, 0.05) is 23.9 Å². The first kappa shape index (κ1) is 24.2. The smallest absolute Gasteiger partial charge is 0.270 e. The van der Waals surface area contributed by atoms with Crippen molar-refractivity contribution < 1.29 is 29.0 Å². The standard InChI is InChI=1S/C27H26N2O7/c30-24-23(28-15-19-10-7-13-21(14-19)29(31)32)27(33-16-18-8-3-1-4-9-18)35-22-17-34-26(36-25(22)24)20-11-5-2-6-12-20/h1-15,22-27,30H,16-17H2/t22-,23-,24-,25-,26?,27+/m1/s1. The molecule has 186 valence electrons. The van der Waals surface area contributed by atoms with Gasteiger partial charge in [-0.2, -0.15) is 0 Å². The molecule has 0 aliphatic carbocycles. The van der Waals surface area contributed by atoms with Crippen LogP contribution in [-0.4, -0.2) is 53.5 Å². The van der Waals surface area contributed by atoms with Crippen LogP contribution in [-0.2, 0) is 25.6 Å². The van der Waals surface area contributed by atoms with Gasteiger partial charge in [-0.3, -0.25) is 15.1 Å². The van der Waals surface area contributed by atoms with Crippen molar-refractivity contribution in [2.75, 3.05) is 6.61 Å². The van der Waals surface area contributed by atoms with E-state index >= 15 is 0 Å². The molecule has 2 fully saturated rings. The molecule has 0 spiro atoms. The van der Waals surface area contributed by atoms with Crippen molar-refractivity contribution in [3.8, 4) is 0 Å². The average molecular weight is 491 g/mol. The Morgan fingerprint density at radius 1 is 1.03 bits per heavy atom. The lowest BCUT2D eigenvalue weighted by atomic mass is 9.96. The SMILES string of the molecule is O=[N+]([O-])c1cccc(C=N[C@H]2[C@@H](OCc3ccccc3)O[C@@H]3COC(c4ccccc4)O[C@H]3[C@@H]2O)c1. The second-order valence-electron chi connectivity index (χ2n) is 8.63. The Balaban J connectivity index is 1.37. The van der Waals surface area contributed by atoms with Crippen LogP contribution in [0.4, 0.5) is 5.69 Å². The Bertz CT molecular complexity index is 1190. The lowest BCUT2D eigenvalue weighted by molar-refractivity contribution is -0.384. The van der Waals surface area contributed by atoms with Crippen molar-refractivity contribution in [3.63, 3.8) is 0 Å². The highest BCUT2D eigenvalue weighted by Crippen LogP contribution is 2.35. The minimum absolute atomic E-state index is 0.0465. The van der Waals surface area contributed by atoms with Crippen LogP contribution in [0.15, 0.2) is 89.9 Å². The van der Waals surface area contributed by atoms with E-state index in [0.717, 1.165) is 11.1 Å². The van der Waals surface area contributed by atoms with Crippen LogP contribution >= 0.6 is 0 Å². The molecule has 2 aliphatic heterocycles. The molecule has 0 radical (unpaired) electrons. The predicted octanol–water partition coefficient (Wildman–Crippen LogP) is 3.80. The Labute approximate surface area is 208 Å². The average Bonchev–Trinajstić information content (AvgIpc) is 2.92. The van der Waals surface area contributed by atoms with Gasteiger partial charge >= 0.3 is 0 Å². The molecule has 2 aliphatic rings. The van der Waals surface area contributed by atoms with E-state index in [0.29, 0.717) is 5.56 Å². The molecular weight excluding hydrogens is 464 g/mol. The molecular formula is C27H26N2O7. The number of aliphatic imine (C=N–C) groups is 1. The summed E-state index contributed by atoms with van der Waals surface area (Å²) in [6.07, 6.45) is -2.35. The van der Waals surface area contributed by atoms with Crippen LogP contribution in [0.1, 0.15) is 23.0 Å². The van der Waals surface area contributed by atoms with Gasteiger partial charge in [0.25, 0.3) is 5.69 Å². The summed E-state index contributed by atoms with van der Waals surface area (Å²) in [5.74, 6) is 0. The number of ether oxygens (including phenoxy) is 4. The molecule has 5 rings (SSSR count). The van der Waals surface area contributed by atoms with E-state index in [1.165, 1.54) is 18.3 Å². The fourth-order valence-electron chi connectivity index (χ4n) is 4.30. The highest BCUT2D eigenvalue weighted by molar-refractivity contribution is 5.80. The number of non-ortho nitro benzene ring substituents is 1. The van der Waals surface area contributed by atoms with Crippen molar-refractivity contribution in [3.05, 3.63) is 112 Å². The third-order valence-corrected chi connectivity index (χ3v) is 6.14. The molecule has 2 saturated heterocycles. The molecule has 0 bridgehead atoms. The van der Waals surface area contributed by atoms with Gasteiger partial charge in [-0.25, -0.2) is 0 Å². The van der Waals surface area contributed by atoms with Gasteiger partial charge in [0.2, 0.25) is 0 Å². The van der Waals surface area contributed by atoms with Crippen LogP contribution in [0, 0.1) is 10.1 Å². The minimum Gasteiger partial charge on any atom is -0.388 e. The van der Waals surface area contributed by atoms with Crippen molar-refractivity contribution in [1.29, 1.82) is 0 Å². The monoisotopic (exact) mass is 490 g/mol. The Morgan fingerprint density at radius 3 is 2.53 bits per heavy atom. The molecule has 3 aromatic rings. The van der Waals surface area contributed by atoms with Crippen LogP contribution in [0.25, 0.3) is 0 Å². The topological polar surface area (TPSA) is 113 Å². The first-order chi connectivity index (χ1) is 17.6. The number of benzene rings is 3. The van der Waals surface area contributed by atoms with Crippen LogP contribution in [0.2, 0.25) is 0 Å². The van der Waals surface area contributed by atoms with E-state index < -0.39 is 41.9 Å². The molecule has 3 aromatic carbocycles. The zero-order valence-corrected chi connectivity index (χ0v) is 19.3. The molecule has 6 atom stereocenters. The van der Waals surface area contributed by atoms with Gasteiger partial charge < -0.3 is 24.1 Å². The minimum atomic E-state index is -1.06. The van der Waals surface area contributed by atoms with E-state index in [-0.39, 0.29) is 18.9 Å². The van der Waals surface area contributed by atoms with Crippen LogP contribution < -0.4 is 0 Å². The summed E-state index contributed by atoms with van der Waals surface area (Å²) < 4.78 is 24.2. The fourth-order valence-corrected chi connectivity index (χ4v) is 4.30. The summed E-state index contributed by atoms with van der Waals surface area (Å²) in [7, 11) is 0. The molecule has 1 unspecified atom stereocenters. The summed E-state index contributed by atoms with van der Waals surface area (Å²) in [6.45, 7) is 0.473. The number of hydrogen-bond acceptors (Lipinski definition) is 8. The second kappa shape index (κ2) is 11.1. The predicted molar refractivity (Wildman–Crippen MR) is 130 cm³/mol. The van der Waals surface area contributed by atoms with E-state index in [4.69, 9.17) is 18.9 Å². The molecule has 0 aromatic heterocycles. The van der Waals surface area contributed by atoms with Crippen molar-refractivity contribution in [1.82, 2.24) is 0 Å². The fraction of sp³-hybridized carbons (Fsp3) is 0.296. The zero-order valence-electron chi connectivity index (χ0n) is 19.3. The Hall–Kier alpha value is -3.47. The summed E-state index contributed by atoms with van der Waals surface area (Å²) >= 11 is 0. The second-order valence-corrected chi connectivity index (χ2v) is 8.63. The van der Waals surface area contributed by atoms with Crippen molar-refractivity contribution in [2.24, 2.45) is 4.99 Å². The summed E-state index contributed by atoms with van der Waals surface area (Å²) in [6, 6.07) is 24.4. The summed E-state index contributed by atoms with van der Waals surface area (Å²) in [4.78, 5) is 15.2. The zero-order chi connectivity index (χ0) is 24.9. The molecule has 0 saturated carbocycles. The molecule has 36 heavy (non-hydrogen) atoms. The summed E-state index contributed by atoms with van der Waals surface area (Å²) in [5.41, 5.74) is 2.26. The Morgan fingerprint density at radius 2 is 1.78 bits per heavy atom. The van der Waals surface area contributed by atoms with Gasteiger partial charge in [0.1, 0.15) is 24.4 Å². The number of hydrogen-bond donors (Lipinski definition) is 1. The highest BCUT2D eigenvalue weighted by atomic mass is 16.7. The van der Waals surface area contributed by atoms with E-state index in [2.05, 4.69) is 4.99 Å². The normalized spacial score (nSPS) is 28.0. The number of fused-ring (bicyclic) bond motifs is 1. The lowest BCUT2D eigenvalue weighted by Gasteiger charge is -2.46. The van der Waals surface area contributed by atoms with Gasteiger partial charge in [-0.05, 0) is 11.1 Å². The number of nitro groups is 1. The maximum Gasteiger partial charge on any atom is 0.270 e.